The molecule has 2 rings (SSSR count). The Morgan fingerprint density at radius 2 is 2.26 bits per heavy atom. The van der Waals surface area contributed by atoms with Crippen LogP contribution in [0.3, 0.4) is 0 Å². The van der Waals surface area contributed by atoms with Gasteiger partial charge in [-0.1, -0.05) is 26.2 Å². The predicted molar refractivity (Wildman–Crippen MR) is 80.5 cm³/mol. The number of thiazole rings is 1. The summed E-state index contributed by atoms with van der Waals surface area (Å²) in [7, 11) is 0. The van der Waals surface area contributed by atoms with Crippen molar-refractivity contribution in [1.82, 2.24) is 10.3 Å². The summed E-state index contributed by atoms with van der Waals surface area (Å²) in [4.78, 5) is 5.94. The summed E-state index contributed by atoms with van der Waals surface area (Å²) in [6.45, 7) is 4.40. The van der Waals surface area contributed by atoms with Gasteiger partial charge in [0.25, 0.3) is 0 Å². The Kier molecular flexibility index (Phi) is 6.28. The largest absolute Gasteiger partial charge is 0.396 e. The quantitative estimate of drug-likeness (QED) is 0.769. The molecule has 1 aromatic rings. The Hall–Kier alpha value is -0.450. The molecule has 1 aliphatic carbocycles. The molecule has 0 aliphatic heterocycles. The van der Waals surface area contributed by atoms with Gasteiger partial charge in [-0.2, -0.15) is 0 Å². The lowest BCUT2D eigenvalue weighted by Crippen LogP contribution is -2.22. The zero-order chi connectivity index (χ0) is 13.5. The maximum absolute atomic E-state index is 8.97. The Bertz CT molecular complexity index is 361. The summed E-state index contributed by atoms with van der Waals surface area (Å²) in [5.74, 6) is 1.32. The van der Waals surface area contributed by atoms with Gasteiger partial charge in [0, 0.05) is 30.1 Å². The van der Waals surface area contributed by atoms with Crippen LogP contribution >= 0.6 is 11.3 Å². The molecule has 1 unspecified atom stereocenters. The first-order valence-electron chi connectivity index (χ1n) is 7.59. The topological polar surface area (TPSA) is 45.1 Å². The molecule has 0 bridgehead atoms. The third kappa shape index (κ3) is 4.55. The van der Waals surface area contributed by atoms with E-state index in [0.29, 0.717) is 12.5 Å². The van der Waals surface area contributed by atoms with E-state index in [-0.39, 0.29) is 0 Å². The molecule has 1 atom stereocenters. The highest BCUT2D eigenvalue weighted by Gasteiger charge is 2.20. The zero-order valence-electron chi connectivity index (χ0n) is 11.9. The van der Waals surface area contributed by atoms with E-state index in [4.69, 9.17) is 5.11 Å². The number of nitrogens with one attached hydrogen (secondary N) is 1. The van der Waals surface area contributed by atoms with E-state index in [1.165, 1.54) is 35.6 Å². The summed E-state index contributed by atoms with van der Waals surface area (Å²) >= 11 is 1.88. The van der Waals surface area contributed by atoms with Crippen LogP contribution in [-0.2, 0) is 6.54 Å². The lowest BCUT2D eigenvalue weighted by atomic mass is 10.0. The monoisotopic (exact) mass is 282 g/mol. The predicted octanol–water partition coefficient (Wildman–Crippen LogP) is 3.30. The van der Waals surface area contributed by atoms with Crippen LogP contribution in [0.2, 0.25) is 0 Å². The van der Waals surface area contributed by atoms with Crippen molar-refractivity contribution >= 4 is 11.3 Å². The van der Waals surface area contributed by atoms with Crippen molar-refractivity contribution in [3.8, 4) is 0 Å². The molecule has 0 amide bonds. The van der Waals surface area contributed by atoms with Gasteiger partial charge in [0.05, 0.1) is 5.01 Å². The first-order valence-corrected chi connectivity index (χ1v) is 8.41. The molecule has 0 spiro atoms. The Morgan fingerprint density at radius 3 is 2.95 bits per heavy atom. The number of nitrogens with zero attached hydrogens (tertiary/aromatic N) is 1. The molecule has 2 N–H and O–H groups in total. The molecule has 1 fully saturated rings. The standard InChI is InChI=1S/C15H26N2OS/c1-2-12(7-8-18)9-16-10-14-11-17-15(19-14)13-5-3-4-6-13/h11-13,16,18H,2-10H2,1H3. The third-order valence-corrected chi connectivity index (χ3v) is 5.28. The number of aliphatic hydroxyl groups is 1. The fraction of sp³-hybridized carbons (Fsp3) is 0.800. The van der Waals surface area contributed by atoms with Crippen LogP contribution in [0.25, 0.3) is 0 Å². The van der Waals surface area contributed by atoms with Crippen LogP contribution in [0.4, 0.5) is 0 Å². The number of aromatic nitrogens is 1. The summed E-state index contributed by atoms with van der Waals surface area (Å²) in [5.41, 5.74) is 0. The van der Waals surface area contributed by atoms with Crippen LogP contribution in [0, 0.1) is 5.92 Å². The lowest BCUT2D eigenvalue weighted by molar-refractivity contribution is 0.251. The molecule has 1 aliphatic rings. The molecule has 0 saturated heterocycles. The zero-order valence-corrected chi connectivity index (χ0v) is 12.7. The van der Waals surface area contributed by atoms with Crippen molar-refractivity contribution in [3.63, 3.8) is 0 Å². The minimum absolute atomic E-state index is 0.298. The molecule has 1 saturated carbocycles. The van der Waals surface area contributed by atoms with E-state index in [1.807, 2.05) is 17.5 Å². The molecule has 4 heteroatoms. The van der Waals surface area contributed by atoms with Gasteiger partial charge in [0.2, 0.25) is 0 Å². The van der Waals surface area contributed by atoms with E-state index in [9.17, 15) is 0 Å². The number of hydrogen-bond acceptors (Lipinski definition) is 4. The van der Waals surface area contributed by atoms with E-state index in [1.54, 1.807) is 0 Å². The van der Waals surface area contributed by atoms with Gasteiger partial charge >= 0.3 is 0 Å². The van der Waals surface area contributed by atoms with Gasteiger partial charge in [-0.3, -0.25) is 0 Å². The first kappa shape index (κ1) is 14.9. The van der Waals surface area contributed by atoms with Crippen molar-refractivity contribution in [3.05, 3.63) is 16.1 Å². The fourth-order valence-electron chi connectivity index (χ4n) is 2.80. The SMILES string of the molecule is CCC(CCO)CNCc1cnc(C2CCCC2)s1. The minimum atomic E-state index is 0.298. The average Bonchev–Trinajstić information content (AvgIpc) is 3.08. The van der Waals surface area contributed by atoms with Gasteiger partial charge in [-0.25, -0.2) is 4.98 Å². The van der Waals surface area contributed by atoms with Crippen molar-refractivity contribution in [2.24, 2.45) is 5.92 Å². The van der Waals surface area contributed by atoms with E-state index < -0.39 is 0 Å². The third-order valence-electron chi connectivity index (χ3n) is 4.12. The van der Waals surface area contributed by atoms with Crippen LogP contribution < -0.4 is 5.32 Å². The smallest absolute Gasteiger partial charge is 0.0959 e. The molecule has 3 nitrogen and oxygen atoms in total. The molecular formula is C15H26N2OS. The highest BCUT2D eigenvalue weighted by atomic mass is 32.1. The summed E-state index contributed by atoms with van der Waals surface area (Å²) in [5, 5.41) is 13.8. The summed E-state index contributed by atoms with van der Waals surface area (Å²) in [6, 6.07) is 0. The molecule has 108 valence electrons. The average molecular weight is 282 g/mol. The van der Waals surface area contributed by atoms with E-state index in [0.717, 1.165) is 31.8 Å². The normalized spacial score (nSPS) is 18.0. The maximum atomic E-state index is 8.97. The Morgan fingerprint density at radius 1 is 1.47 bits per heavy atom. The molecule has 0 aromatic carbocycles. The number of aliphatic hydroxyl groups excluding tert-OH is 1. The highest BCUT2D eigenvalue weighted by Crippen LogP contribution is 2.35. The van der Waals surface area contributed by atoms with Crippen molar-refractivity contribution < 1.29 is 5.11 Å². The van der Waals surface area contributed by atoms with Gasteiger partial charge in [-0.15, -0.1) is 11.3 Å². The highest BCUT2D eigenvalue weighted by molar-refractivity contribution is 7.11. The Labute approximate surface area is 120 Å². The molecule has 19 heavy (non-hydrogen) atoms. The van der Waals surface area contributed by atoms with Gasteiger partial charge in [0.1, 0.15) is 0 Å². The van der Waals surface area contributed by atoms with Crippen molar-refractivity contribution in [2.75, 3.05) is 13.2 Å². The van der Waals surface area contributed by atoms with Crippen molar-refractivity contribution in [1.29, 1.82) is 0 Å². The minimum Gasteiger partial charge on any atom is -0.396 e. The molecular weight excluding hydrogens is 256 g/mol. The van der Waals surface area contributed by atoms with E-state index in [2.05, 4.69) is 17.2 Å². The van der Waals surface area contributed by atoms with Gasteiger partial charge in [-0.05, 0) is 31.7 Å². The van der Waals surface area contributed by atoms with Gasteiger partial charge in [0.15, 0.2) is 0 Å². The lowest BCUT2D eigenvalue weighted by Gasteiger charge is -2.13. The number of hydrogen-bond donors (Lipinski definition) is 2. The van der Waals surface area contributed by atoms with Crippen LogP contribution in [0.5, 0.6) is 0 Å². The van der Waals surface area contributed by atoms with Crippen LogP contribution in [0.1, 0.15) is 61.3 Å². The fourth-order valence-corrected chi connectivity index (χ4v) is 3.85. The second-order valence-corrected chi connectivity index (χ2v) is 6.71. The Balaban J connectivity index is 1.73. The molecule has 1 heterocycles. The summed E-state index contributed by atoms with van der Waals surface area (Å²) < 4.78 is 0. The van der Waals surface area contributed by atoms with Crippen molar-refractivity contribution in [2.45, 2.75) is 57.9 Å². The molecule has 1 aromatic heterocycles. The second-order valence-electron chi connectivity index (χ2n) is 5.56. The second kappa shape index (κ2) is 7.98. The summed E-state index contributed by atoms with van der Waals surface area (Å²) in [6.07, 6.45) is 9.47. The number of rotatable bonds is 8. The molecule has 0 radical (unpaired) electrons. The van der Waals surface area contributed by atoms with E-state index >= 15 is 0 Å². The van der Waals surface area contributed by atoms with Crippen LogP contribution in [-0.4, -0.2) is 23.2 Å². The van der Waals surface area contributed by atoms with Gasteiger partial charge < -0.3 is 10.4 Å². The first-order chi connectivity index (χ1) is 9.33. The van der Waals surface area contributed by atoms with Crippen LogP contribution in [0.15, 0.2) is 6.20 Å². The maximum Gasteiger partial charge on any atom is 0.0959 e.